The molecule has 2 N–H and O–H groups in total. The maximum atomic E-state index is 11.6. The maximum Gasteiger partial charge on any atom is 0.315 e. The van der Waals surface area contributed by atoms with E-state index in [9.17, 15) is 4.79 Å². The van der Waals surface area contributed by atoms with Crippen molar-refractivity contribution < 1.29 is 4.79 Å². The first kappa shape index (κ1) is 14.3. The Kier molecular flexibility index (Phi) is 4.77. The number of likely N-dealkylation sites (N-methyl/N-ethyl adjacent to an activating group) is 2. The van der Waals surface area contributed by atoms with Crippen molar-refractivity contribution in [1.82, 2.24) is 20.4 Å². The van der Waals surface area contributed by atoms with Crippen molar-refractivity contribution in [1.29, 1.82) is 0 Å². The van der Waals surface area contributed by atoms with Crippen LogP contribution in [0.5, 0.6) is 0 Å². The number of hydrogen-bond donors (Lipinski definition) is 2. The van der Waals surface area contributed by atoms with Crippen LogP contribution in [0.15, 0.2) is 0 Å². The Morgan fingerprint density at radius 1 is 1.29 bits per heavy atom. The molecule has 1 aliphatic heterocycles. The molecule has 1 rings (SSSR count). The van der Waals surface area contributed by atoms with Crippen LogP contribution < -0.4 is 10.6 Å². The molecule has 17 heavy (non-hydrogen) atoms. The summed E-state index contributed by atoms with van der Waals surface area (Å²) in [4.78, 5) is 16.2. The lowest BCUT2D eigenvalue weighted by Gasteiger charge is -2.37. The van der Waals surface area contributed by atoms with Gasteiger partial charge in [-0.1, -0.05) is 0 Å². The number of carbonyl (C=O) groups is 1. The zero-order chi connectivity index (χ0) is 13.1. The van der Waals surface area contributed by atoms with Crippen LogP contribution in [0.1, 0.15) is 20.8 Å². The zero-order valence-corrected chi connectivity index (χ0v) is 11.7. The first-order chi connectivity index (χ1) is 7.78. The maximum absolute atomic E-state index is 11.6. The molecule has 1 saturated heterocycles. The SMILES string of the molecule is CN1CCN(C)C(CNC(=O)NC(C)(C)C)C1. The van der Waals surface area contributed by atoms with Crippen LogP contribution in [0, 0.1) is 0 Å². The third-order valence-corrected chi connectivity index (χ3v) is 2.97. The molecule has 1 heterocycles. The molecule has 1 unspecified atom stereocenters. The van der Waals surface area contributed by atoms with Crippen LogP contribution in [-0.2, 0) is 0 Å². The van der Waals surface area contributed by atoms with E-state index in [-0.39, 0.29) is 11.6 Å². The van der Waals surface area contributed by atoms with E-state index in [4.69, 9.17) is 0 Å². The molecule has 2 amide bonds. The quantitative estimate of drug-likeness (QED) is 0.733. The topological polar surface area (TPSA) is 47.6 Å². The standard InChI is InChI=1S/C12H26N4O/c1-12(2,3)14-11(17)13-8-10-9-15(4)6-7-16(10)5/h10H,6-9H2,1-5H3,(H2,13,14,17). The van der Waals surface area contributed by atoms with Gasteiger partial charge in [-0.15, -0.1) is 0 Å². The Morgan fingerprint density at radius 3 is 2.53 bits per heavy atom. The highest BCUT2D eigenvalue weighted by molar-refractivity contribution is 5.74. The Labute approximate surface area is 105 Å². The fourth-order valence-corrected chi connectivity index (χ4v) is 1.92. The van der Waals surface area contributed by atoms with Gasteiger partial charge in [0.2, 0.25) is 0 Å². The molecule has 0 aromatic heterocycles. The summed E-state index contributed by atoms with van der Waals surface area (Å²) in [5.74, 6) is 0. The van der Waals surface area contributed by atoms with Gasteiger partial charge in [0.15, 0.2) is 0 Å². The summed E-state index contributed by atoms with van der Waals surface area (Å²) in [6, 6.07) is 0.318. The Bertz CT molecular complexity index is 262. The van der Waals surface area contributed by atoms with Gasteiger partial charge in [-0.25, -0.2) is 4.79 Å². The molecule has 0 saturated carbocycles. The molecular weight excluding hydrogens is 216 g/mol. The highest BCUT2D eigenvalue weighted by Gasteiger charge is 2.23. The fourth-order valence-electron chi connectivity index (χ4n) is 1.92. The highest BCUT2D eigenvalue weighted by atomic mass is 16.2. The number of urea groups is 1. The predicted molar refractivity (Wildman–Crippen MR) is 70.2 cm³/mol. The Balaban J connectivity index is 2.32. The van der Waals surface area contributed by atoms with Gasteiger partial charge in [0.05, 0.1) is 0 Å². The van der Waals surface area contributed by atoms with Crippen LogP contribution in [0.4, 0.5) is 4.79 Å². The molecule has 1 atom stereocenters. The van der Waals surface area contributed by atoms with E-state index in [1.54, 1.807) is 0 Å². The van der Waals surface area contributed by atoms with Gasteiger partial charge in [0.1, 0.15) is 0 Å². The molecule has 0 spiro atoms. The molecule has 100 valence electrons. The summed E-state index contributed by atoms with van der Waals surface area (Å²) >= 11 is 0. The minimum Gasteiger partial charge on any atom is -0.337 e. The van der Waals surface area contributed by atoms with Crippen LogP contribution in [0.25, 0.3) is 0 Å². The Hall–Kier alpha value is -0.810. The highest BCUT2D eigenvalue weighted by Crippen LogP contribution is 2.04. The smallest absolute Gasteiger partial charge is 0.315 e. The molecule has 0 bridgehead atoms. The van der Waals surface area contributed by atoms with E-state index in [0.717, 1.165) is 19.6 Å². The molecule has 5 nitrogen and oxygen atoms in total. The number of nitrogens with zero attached hydrogens (tertiary/aromatic N) is 2. The molecule has 5 heteroatoms. The van der Waals surface area contributed by atoms with Crippen molar-refractivity contribution in [2.45, 2.75) is 32.4 Å². The van der Waals surface area contributed by atoms with Crippen molar-refractivity contribution in [3.05, 3.63) is 0 Å². The van der Waals surface area contributed by atoms with Crippen LogP contribution in [-0.4, -0.2) is 67.7 Å². The zero-order valence-electron chi connectivity index (χ0n) is 11.7. The van der Waals surface area contributed by atoms with Gasteiger partial charge in [-0.2, -0.15) is 0 Å². The Morgan fingerprint density at radius 2 is 1.94 bits per heavy atom. The number of rotatable bonds is 2. The van der Waals surface area contributed by atoms with E-state index in [1.807, 2.05) is 20.8 Å². The average Bonchev–Trinajstić information content (AvgIpc) is 2.17. The number of piperazine rings is 1. The van der Waals surface area contributed by atoms with E-state index >= 15 is 0 Å². The van der Waals surface area contributed by atoms with Gasteiger partial charge >= 0.3 is 6.03 Å². The molecule has 1 fully saturated rings. The van der Waals surface area contributed by atoms with Crippen molar-refractivity contribution >= 4 is 6.03 Å². The second kappa shape index (κ2) is 5.69. The van der Waals surface area contributed by atoms with Gasteiger partial charge < -0.3 is 15.5 Å². The lowest BCUT2D eigenvalue weighted by molar-refractivity contribution is 0.114. The first-order valence-electron chi connectivity index (χ1n) is 6.23. The summed E-state index contributed by atoms with van der Waals surface area (Å²) in [6.45, 7) is 9.80. The van der Waals surface area contributed by atoms with E-state index in [2.05, 4.69) is 34.5 Å². The second-order valence-electron chi connectivity index (χ2n) is 5.98. The van der Waals surface area contributed by atoms with Gasteiger partial charge in [0, 0.05) is 37.8 Å². The summed E-state index contributed by atoms with van der Waals surface area (Å²) in [5.41, 5.74) is -0.181. The second-order valence-corrected chi connectivity index (χ2v) is 5.98. The predicted octanol–water partition coefficient (Wildman–Crippen LogP) is 0.330. The van der Waals surface area contributed by atoms with E-state index in [1.165, 1.54) is 0 Å². The lowest BCUT2D eigenvalue weighted by Crippen LogP contribution is -2.56. The number of carbonyl (C=O) groups excluding carboxylic acids is 1. The summed E-state index contributed by atoms with van der Waals surface area (Å²) in [6.07, 6.45) is 0. The van der Waals surface area contributed by atoms with E-state index < -0.39 is 0 Å². The minimum atomic E-state index is -0.181. The number of amides is 2. The molecule has 0 aliphatic carbocycles. The molecule has 0 aromatic rings. The first-order valence-corrected chi connectivity index (χ1v) is 6.23. The van der Waals surface area contributed by atoms with Crippen LogP contribution in [0.3, 0.4) is 0 Å². The molecule has 1 aliphatic rings. The monoisotopic (exact) mass is 242 g/mol. The van der Waals surface area contributed by atoms with Crippen LogP contribution in [0.2, 0.25) is 0 Å². The third kappa shape index (κ3) is 5.37. The van der Waals surface area contributed by atoms with Crippen molar-refractivity contribution in [3.8, 4) is 0 Å². The third-order valence-electron chi connectivity index (χ3n) is 2.97. The van der Waals surface area contributed by atoms with Gasteiger partial charge in [-0.3, -0.25) is 4.90 Å². The summed E-state index contributed by atoms with van der Waals surface area (Å²) < 4.78 is 0. The average molecular weight is 242 g/mol. The summed E-state index contributed by atoms with van der Waals surface area (Å²) in [5, 5.41) is 5.84. The number of hydrogen-bond acceptors (Lipinski definition) is 3. The molecule has 0 aromatic carbocycles. The van der Waals surface area contributed by atoms with Crippen molar-refractivity contribution in [2.75, 3.05) is 40.3 Å². The minimum absolute atomic E-state index is 0.0841. The van der Waals surface area contributed by atoms with Crippen LogP contribution >= 0.6 is 0 Å². The van der Waals surface area contributed by atoms with E-state index in [0.29, 0.717) is 12.6 Å². The largest absolute Gasteiger partial charge is 0.337 e. The van der Waals surface area contributed by atoms with Crippen molar-refractivity contribution in [3.63, 3.8) is 0 Å². The van der Waals surface area contributed by atoms with Gasteiger partial charge in [-0.05, 0) is 34.9 Å². The van der Waals surface area contributed by atoms with Crippen molar-refractivity contribution in [2.24, 2.45) is 0 Å². The van der Waals surface area contributed by atoms with Gasteiger partial charge in [0.25, 0.3) is 0 Å². The fraction of sp³-hybridized carbons (Fsp3) is 0.917. The molecule has 0 radical (unpaired) electrons. The lowest BCUT2D eigenvalue weighted by atomic mass is 10.1. The summed E-state index contributed by atoms with van der Waals surface area (Å²) in [7, 11) is 4.23. The number of nitrogens with one attached hydrogen (secondary N) is 2. The molecular formula is C12H26N4O. The normalized spacial score (nSPS) is 23.5.